The van der Waals surface area contributed by atoms with Gasteiger partial charge in [0.25, 0.3) is 6.71 Å². The Bertz CT molecular complexity index is 4950. The van der Waals surface area contributed by atoms with E-state index in [2.05, 4.69) is 318 Å². The average Bonchev–Trinajstić information content (AvgIpc) is 1.05. The zero-order chi connectivity index (χ0) is 53.8. The van der Waals surface area contributed by atoms with Gasteiger partial charge in [0.1, 0.15) is 0 Å². The van der Waals surface area contributed by atoms with Crippen molar-refractivity contribution in [3.63, 3.8) is 0 Å². The summed E-state index contributed by atoms with van der Waals surface area (Å²) in [6, 6.07) is 113. The molecule has 0 fully saturated rings. The zero-order valence-electron chi connectivity index (χ0n) is 44.8. The van der Waals surface area contributed by atoms with Crippen LogP contribution in [0.2, 0.25) is 0 Å². The number of nitrogens with zero attached hydrogens (tertiary/aromatic N) is 3. The molecule has 2 aliphatic heterocycles. The predicted octanol–water partition coefficient (Wildman–Crippen LogP) is 19.5. The molecule has 0 aliphatic carbocycles. The van der Waals surface area contributed by atoms with Crippen molar-refractivity contribution in [2.75, 3.05) is 14.7 Å². The molecule has 0 unspecified atom stereocenters. The zero-order valence-corrected chi connectivity index (χ0v) is 44.8. The molecule has 4 heteroatoms. The van der Waals surface area contributed by atoms with Crippen molar-refractivity contribution in [3.8, 4) is 22.3 Å². The second kappa shape index (κ2) is 18.5. The SMILES string of the molecule is c1ccc(-c2ccc3c(c2)B2c4ccc(N(c5ccccc5)c5ccccc5)cc4N(c4ccc5c6ccccc6c6ccccc6c5c4)c4cc(-c5ccccc5)cc(c42)N3c2ccc3c4ccccc4c4ccccc4c3c2)cc1. The lowest BCUT2D eigenvalue weighted by molar-refractivity contribution is 1.24. The smallest absolute Gasteiger partial charge is 0.252 e. The molecule has 0 atom stereocenters. The quantitative estimate of drug-likeness (QED) is 0.116. The maximum atomic E-state index is 2.60. The Morgan fingerprint density at radius 2 is 0.610 bits per heavy atom. The molecule has 2 aliphatic rings. The van der Waals surface area contributed by atoms with Crippen LogP contribution in [0.25, 0.3) is 86.9 Å². The molecule has 0 spiro atoms. The van der Waals surface area contributed by atoms with Crippen LogP contribution in [0.3, 0.4) is 0 Å². The summed E-state index contributed by atoms with van der Waals surface area (Å²) in [6.45, 7) is -0.137. The number of para-hydroxylation sites is 2. The van der Waals surface area contributed by atoms with Crippen molar-refractivity contribution >= 4 is 139 Å². The van der Waals surface area contributed by atoms with Gasteiger partial charge in [0.15, 0.2) is 0 Å². The fraction of sp³-hybridized carbons (Fsp3) is 0. The van der Waals surface area contributed by atoms with Crippen molar-refractivity contribution in [1.82, 2.24) is 0 Å². The lowest BCUT2D eigenvalue weighted by Gasteiger charge is -2.45. The number of anilines is 9. The molecule has 0 aromatic heterocycles. The maximum absolute atomic E-state index is 2.60. The summed E-state index contributed by atoms with van der Waals surface area (Å²) < 4.78 is 0. The fourth-order valence-electron chi connectivity index (χ4n) is 14.0. The van der Waals surface area contributed by atoms with Crippen LogP contribution in [0.4, 0.5) is 51.2 Å². The lowest BCUT2D eigenvalue weighted by Crippen LogP contribution is -2.61. The van der Waals surface area contributed by atoms with Crippen molar-refractivity contribution in [3.05, 3.63) is 303 Å². The van der Waals surface area contributed by atoms with E-state index >= 15 is 0 Å². The predicted molar refractivity (Wildman–Crippen MR) is 351 cm³/mol. The Labute approximate surface area is 476 Å². The van der Waals surface area contributed by atoms with Gasteiger partial charge in [-0.15, -0.1) is 0 Å². The first-order valence-corrected chi connectivity index (χ1v) is 28.4. The third kappa shape index (κ3) is 7.11. The Morgan fingerprint density at radius 3 is 1.07 bits per heavy atom. The van der Waals surface area contributed by atoms with E-state index in [1.165, 1.54) is 97.8 Å². The molecule has 0 bridgehead atoms. The number of hydrogen-bond acceptors (Lipinski definition) is 3. The van der Waals surface area contributed by atoms with Crippen LogP contribution in [0.15, 0.2) is 303 Å². The van der Waals surface area contributed by atoms with E-state index in [-0.39, 0.29) is 6.71 Å². The minimum atomic E-state index is -0.137. The maximum Gasteiger partial charge on any atom is 0.252 e. The van der Waals surface area contributed by atoms with Crippen LogP contribution in [0.5, 0.6) is 0 Å². The molecule has 0 radical (unpaired) electrons. The van der Waals surface area contributed by atoms with Crippen molar-refractivity contribution < 1.29 is 0 Å². The van der Waals surface area contributed by atoms with Gasteiger partial charge in [-0.3, -0.25) is 0 Å². The molecule has 0 N–H and O–H groups in total. The number of rotatable bonds is 7. The molecule has 0 saturated heterocycles. The summed E-state index contributed by atoms with van der Waals surface area (Å²) in [7, 11) is 0. The summed E-state index contributed by atoms with van der Waals surface area (Å²) in [4.78, 5) is 7.58. The van der Waals surface area contributed by atoms with Gasteiger partial charge in [-0.2, -0.15) is 0 Å². The topological polar surface area (TPSA) is 9.72 Å². The van der Waals surface area contributed by atoms with E-state index in [1.54, 1.807) is 0 Å². The highest BCUT2D eigenvalue weighted by molar-refractivity contribution is 7.00. The largest absolute Gasteiger partial charge is 0.311 e. The lowest BCUT2D eigenvalue weighted by atomic mass is 9.33. The number of hydrogen-bond donors (Lipinski definition) is 0. The van der Waals surface area contributed by atoms with E-state index in [0.29, 0.717) is 0 Å². The minimum Gasteiger partial charge on any atom is -0.311 e. The van der Waals surface area contributed by atoms with Crippen molar-refractivity contribution in [1.29, 1.82) is 0 Å². The summed E-state index contributed by atoms with van der Waals surface area (Å²) in [5, 5.41) is 15.0. The average molecular weight is 1040 g/mol. The Hall–Kier alpha value is -10.7. The molecule has 0 amide bonds. The highest BCUT2D eigenvalue weighted by atomic mass is 15.2. The van der Waals surface area contributed by atoms with E-state index < -0.39 is 0 Å². The van der Waals surface area contributed by atoms with Gasteiger partial charge in [-0.1, -0.05) is 224 Å². The Balaban J connectivity index is 0.998. The molecule has 15 aromatic rings. The van der Waals surface area contributed by atoms with Crippen LogP contribution in [-0.4, -0.2) is 6.71 Å². The van der Waals surface area contributed by atoms with Gasteiger partial charge in [-0.05, 0) is 182 Å². The summed E-state index contributed by atoms with van der Waals surface area (Å²) in [6.07, 6.45) is 0. The highest BCUT2D eigenvalue weighted by Crippen LogP contribution is 2.50. The molecule has 2 heterocycles. The van der Waals surface area contributed by atoms with Crippen LogP contribution in [-0.2, 0) is 0 Å². The first kappa shape index (κ1) is 46.3. The van der Waals surface area contributed by atoms with E-state index in [0.717, 1.165) is 56.6 Å². The molecule has 380 valence electrons. The second-order valence-electron chi connectivity index (χ2n) is 21.9. The molecule has 15 aromatic carbocycles. The normalized spacial score (nSPS) is 12.6. The molecule has 82 heavy (non-hydrogen) atoms. The third-order valence-electron chi connectivity index (χ3n) is 17.5. The van der Waals surface area contributed by atoms with Gasteiger partial charge < -0.3 is 14.7 Å². The monoisotopic (exact) mass is 1040 g/mol. The molecule has 3 nitrogen and oxygen atoms in total. The Kier molecular flexibility index (Phi) is 10.4. The molecule has 0 saturated carbocycles. The highest BCUT2D eigenvalue weighted by Gasteiger charge is 2.44. The van der Waals surface area contributed by atoms with Crippen LogP contribution in [0.1, 0.15) is 0 Å². The third-order valence-corrected chi connectivity index (χ3v) is 17.5. The Morgan fingerprint density at radius 1 is 0.220 bits per heavy atom. The molecular formula is C78H50BN3. The van der Waals surface area contributed by atoms with Gasteiger partial charge in [-0.25, -0.2) is 0 Å². The second-order valence-corrected chi connectivity index (χ2v) is 21.9. The summed E-state index contributed by atoms with van der Waals surface area (Å²) in [5.41, 5.74) is 18.6. The van der Waals surface area contributed by atoms with Gasteiger partial charge >= 0.3 is 0 Å². The van der Waals surface area contributed by atoms with E-state index in [9.17, 15) is 0 Å². The van der Waals surface area contributed by atoms with E-state index in [1.807, 2.05) is 0 Å². The van der Waals surface area contributed by atoms with Crippen LogP contribution in [0, 0.1) is 0 Å². The van der Waals surface area contributed by atoms with Gasteiger partial charge in [0.2, 0.25) is 0 Å². The van der Waals surface area contributed by atoms with Crippen LogP contribution < -0.4 is 31.1 Å². The fourth-order valence-corrected chi connectivity index (χ4v) is 14.0. The van der Waals surface area contributed by atoms with E-state index in [4.69, 9.17) is 0 Å². The molecule has 17 rings (SSSR count). The van der Waals surface area contributed by atoms with Gasteiger partial charge in [0.05, 0.1) is 0 Å². The number of benzene rings is 15. The van der Waals surface area contributed by atoms with Gasteiger partial charge in [0, 0.05) is 51.2 Å². The standard InChI is InChI=1S/C78H50BN3/c1-5-21-51(22-6-1)53-37-44-74-73(45-53)79-72-43-40-59(80(55-25-9-3-10-26-55)56-27-11-4-12-28-56)50-75(72)82(58-39-42-69-65-34-16-14-30-61(65)63-32-18-20-36-67(63)71(69)49-58)77-47-54(52-23-7-2-8-24-52)46-76(78(77)79)81(74)57-38-41-68-64-33-15-13-29-60(64)62-31-17-19-35-66(62)70(68)48-57/h1-50H. The summed E-state index contributed by atoms with van der Waals surface area (Å²) >= 11 is 0. The first-order chi connectivity index (χ1) is 40.7. The van der Waals surface area contributed by atoms with Crippen molar-refractivity contribution in [2.24, 2.45) is 0 Å². The summed E-state index contributed by atoms with van der Waals surface area (Å²) in [5.74, 6) is 0. The van der Waals surface area contributed by atoms with Crippen LogP contribution >= 0.6 is 0 Å². The first-order valence-electron chi connectivity index (χ1n) is 28.4. The van der Waals surface area contributed by atoms with Crippen molar-refractivity contribution in [2.45, 2.75) is 0 Å². The number of fused-ring (bicyclic) bond motifs is 16. The minimum absolute atomic E-state index is 0.137. The molecular weight excluding hydrogens is 990 g/mol.